The van der Waals surface area contributed by atoms with Crippen LogP contribution < -0.4 is 4.31 Å². The summed E-state index contributed by atoms with van der Waals surface area (Å²) in [7, 11) is -3.95. The van der Waals surface area contributed by atoms with E-state index in [1.54, 1.807) is 30.5 Å². The molecule has 28 heavy (non-hydrogen) atoms. The lowest BCUT2D eigenvalue weighted by Gasteiger charge is -2.43. The third-order valence-electron chi connectivity index (χ3n) is 5.97. The highest BCUT2D eigenvalue weighted by atomic mass is 79.9. The van der Waals surface area contributed by atoms with E-state index in [0.717, 1.165) is 39.5 Å². The van der Waals surface area contributed by atoms with Gasteiger partial charge in [-0.2, -0.15) is 0 Å². The number of pyridine rings is 1. The monoisotopic (exact) mass is 468 g/mol. The van der Waals surface area contributed by atoms with Crippen LogP contribution in [0.4, 0.5) is 5.82 Å². The predicted octanol–water partition coefficient (Wildman–Crippen LogP) is 3.60. The summed E-state index contributed by atoms with van der Waals surface area (Å²) < 4.78 is 29.3. The van der Waals surface area contributed by atoms with E-state index >= 15 is 0 Å². The third kappa shape index (κ3) is 3.26. The van der Waals surface area contributed by atoms with Crippen molar-refractivity contribution in [3.8, 4) is 0 Å². The molecule has 0 bridgehead atoms. The van der Waals surface area contributed by atoms with Gasteiger partial charge in [0.25, 0.3) is 10.0 Å². The fraction of sp³-hybridized carbons (Fsp3) is 0.450. The summed E-state index contributed by atoms with van der Waals surface area (Å²) in [4.78, 5) is 4.55. The Balaban J connectivity index is 2.21. The molecule has 0 saturated heterocycles. The lowest BCUT2D eigenvalue weighted by molar-refractivity contribution is -0.955. The maximum atomic E-state index is 13.4. The zero-order valence-corrected chi connectivity index (χ0v) is 19.0. The number of fused-ring (bicyclic) bond motifs is 1. The van der Waals surface area contributed by atoms with E-state index in [1.165, 1.54) is 0 Å². The van der Waals surface area contributed by atoms with Crippen molar-refractivity contribution >= 4 is 31.8 Å². The number of rotatable bonds is 6. The van der Waals surface area contributed by atoms with E-state index in [0.29, 0.717) is 10.3 Å². The molecule has 1 aromatic heterocycles. The van der Waals surface area contributed by atoms with Crippen LogP contribution in [-0.4, -0.2) is 48.9 Å². The van der Waals surface area contributed by atoms with Gasteiger partial charge in [0.15, 0.2) is 18.1 Å². The minimum atomic E-state index is -3.95. The molecule has 0 aliphatic carbocycles. The molecule has 0 spiro atoms. The molecule has 0 radical (unpaired) electrons. The summed E-state index contributed by atoms with van der Waals surface area (Å²) in [6, 6.07) is 8.14. The summed E-state index contributed by atoms with van der Waals surface area (Å²) in [6.45, 7) is 10.4. The molecule has 1 aliphatic rings. The summed E-state index contributed by atoms with van der Waals surface area (Å²) in [5, 5.41) is 11.3. The molecule has 0 amide bonds. The molecule has 2 unspecified atom stereocenters. The van der Waals surface area contributed by atoms with E-state index in [-0.39, 0.29) is 4.90 Å². The normalized spacial score (nSPS) is 19.7. The minimum absolute atomic E-state index is 0.149. The van der Waals surface area contributed by atoms with Gasteiger partial charge in [0, 0.05) is 10.7 Å². The second-order valence-corrected chi connectivity index (χ2v) is 9.94. The molecule has 2 atom stereocenters. The molecular weight excluding hydrogens is 442 g/mol. The van der Waals surface area contributed by atoms with Gasteiger partial charge in [-0.3, -0.25) is 0 Å². The molecular formula is C20H27BrN3O3S+. The Labute approximate surface area is 175 Å². The van der Waals surface area contributed by atoms with Crippen LogP contribution in [0.1, 0.15) is 37.9 Å². The van der Waals surface area contributed by atoms with Crippen molar-refractivity contribution in [1.82, 2.24) is 4.98 Å². The van der Waals surface area contributed by atoms with Gasteiger partial charge in [0.05, 0.1) is 30.1 Å². The highest BCUT2D eigenvalue weighted by Gasteiger charge is 2.53. The number of benzene rings is 1. The van der Waals surface area contributed by atoms with Crippen molar-refractivity contribution in [2.45, 2.75) is 44.9 Å². The van der Waals surface area contributed by atoms with Crippen LogP contribution in [0.15, 0.2) is 45.9 Å². The van der Waals surface area contributed by atoms with Crippen LogP contribution in [0.5, 0.6) is 0 Å². The number of aryl methyl sites for hydroxylation is 1. The van der Waals surface area contributed by atoms with Crippen molar-refractivity contribution in [2.75, 3.05) is 23.9 Å². The zero-order chi connectivity index (χ0) is 20.7. The molecule has 8 heteroatoms. The highest BCUT2D eigenvalue weighted by molar-refractivity contribution is 9.10. The number of sulfonamides is 1. The number of nitrogens with zero attached hydrogens (tertiary/aromatic N) is 3. The smallest absolute Gasteiger partial charge is 0.267 e. The Morgan fingerprint density at radius 3 is 2.25 bits per heavy atom. The molecule has 2 aromatic rings. The van der Waals surface area contributed by atoms with E-state index in [9.17, 15) is 13.5 Å². The van der Waals surface area contributed by atoms with Crippen molar-refractivity contribution < 1.29 is 18.0 Å². The second kappa shape index (κ2) is 7.74. The van der Waals surface area contributed by atoms with E-state index < -0.39 is 22.3 Å². The Morgan fingerprint density at radius 1 is 1.14 bits per heavy atom. The van der Waals surface area contributed by atoms with Gasteiger partial charge in [-0.15, -0.1) is 0 Å². The molecule has 1 aliphatic heterocycles. The number of anilines is 1. The highest BCUT2D eigenvalue weighted by Crippen LogP contribution is 2.47. The van der Waals surface area contributed by atoms with Crippen LogP contribution in [0.3, 0.4) is 0 Å². The van der Waals surface area contributed by atoms with Gasteiger partial charge in [-0.25, -0.2) is 17.7 Å². The number of halogens is 1. The number of quaternary nitrogens is 1. The quantitative estimate of drug-likeness (QED) is 0.657. The van der Waals surface area contributed by atoms with Crippen LogP contribution in [0.25, 0.3) is 0 Å². The molecule has 0 saturated carbocycles. The fourth-order valence-electron chi connectivity index (χ4n) is 4.18. The lowest BCUT2D eigenvalue weighted by atomic mass is 10.0. The first-order valence-corrected chi connectivity index (χ1v) is 11.8. The van der Waals surface area contributed by atoms with Crippen molar-refractivity contribution in [2.24, 2.45) is 0 Å². The third-order valence-corrected chi connectivity index (χ3v) is 8.18. The summed E-state index contributed by atoms with van der Waals surface area (Å²) >= 11 is 3.45. The van der Waals surface area contributed by atoms with E-state index in [1.807, 2.05) is 13.0 Å². The predicted molar refractivity (Wildman–Crippen MR) is 113 cm³/mol. The summed E-state index contributed by atoms with van der Waals surface area (Å²) in [5.41, 5.74) is 1.72. The van der Waals surface area contributed by atoms with Crippen molar-refractivity contribution in [3.63, 3.8) is 0 Å². The number of aromatic nitrogens is 1. The number of aliphatic hydroxyl groups is 1. The zero-order valence-electron chi connectivity index (χ0n) is 16.6. The van der Waals surface area contributed by atoms with Gasteiger partial charge in [0.1, 0.15) is 0 Å². The van der Waals surface area contributed by atoms with Crippen LogP contribution in [0.2, 0.25) is 0 Å². The summed E-state index contributed by atoms with van der Waals surface area (Å²) in [5.74, 6) is 0.305. The number of aliphatic hydroxyl groups excluding tert-OH is 1. The molecule has 2 heterocycles. The maximum Gasteiger partial charge on any atom is 0.267 e. The molecule has 1 N–H and O–H groups in total. The number of hydrogen-bond acceptors (Lipinski definition) is 4. The number of hydrogen-bond donors (Lipinski definition) is 1. The Bertz CT molecular complexity index is 951. The average Bonchev–Trinajstić information content (AvgIpc) is 2.97. The van der Waals surface area contributed by atoms with E-state index in [4.69, 9.17) is 0 Å². The first-order valence-electron chi connectivity index (χ1n) is 9.52. The van der Waals surface area contributed by atoms with Gasteiger partial charge in [-0.05, 0) is 61.8 Å². The van der Waals surface area contributed by atoms with Gasteiger partial charge in [0.2, 0.25) is 0 Å². The maximum absolute atomic E-state index is 13.4. The Hall–Kier alpha value is -1.48. The van der Waals surface area contributed by atoms with Crippen LogP contribution in [0, 0.1) is 6.92 Å². The number of likely N-dealkylation sites (N-methyl/N-ethyl adjacent to an activating group) is 1. The first kappa shape index (κ1) is 21.2. The van der Waals surface area contributed by atoms with Crippen molar-refractivity contribution in [1.29, 1.82) is 0 Å². The largest absolute Gasteiger partial charge is 0.367 e. The minimum Gasteiger partial charge on any atom is -0.367 e. The van der Waals surface area contributed by atoms with Gasteiger partial charge in [-0.1, -0.05) is 17.7 Å². The Kier molecular flexibility index (Phi) is 5.87. The van der Waals surface area contributed by atoms with Gasteiger partial charge >= 0.3 is 0 Å². The van der Waals surface area contributed by atoms with E-state index in [2.05, 4.69) is 41.7 Å². The van der Waals surface area contributed by atoms with Crippen LogP contribution in [-0.2, 0) is 10.0 Å². The molecule has 0 fully saturated rings. The van der Waals surface area contributed by atoms with Gasteiger partial charge < -0.3 is 9.59 Å². The molecule has 1 aromatic carbocycles. The average molecular weight is 469 g/mol. The second-order valence-electron chi connectivity index (χ2n) is 7.21. The van der Waals surface area contributed by atoms with Crippen molar-refractivity contribution in [3.05, 3.63) is 52.1 Å². The molecule has 3 rings (SSSR count). The fourth-order valence-corrected chi connectivity index (χ4v) is 6.02. The standard InChI is InChI=1S/C20H27BrN3O3S/c1-5-24(6-2,7-3)18-17-12-15(21)13-22-19(17)23(20(18)25)28(26,27)16-10-8-14(4)9-11-16/h8-13,18,20,25H,5-7H2,1-4H3/q+1. The summed E-state index contributed by atoms with van der Waals surface area (Å²) in [6.07, 6.45) is 0.354. The Morgan fingerprint density at radius 2 is 1.71 bits per heavy atom. The molecule has 152 valence electrons. The molecule has 6 nitrogen and oxygen atoms in total. The lowest BCUT2D eigenvalue weighted by Crippen LogP contribution is -2.55. The SMILES string of the molecule is CC[N+](CC)(CC)C1c2cc(Br)cnc2N(S(=O)(=O)c2ccc(C)cc2)C1O. The van der Waals surface area contributed by atoms with Crippen LogP contribution >= 0.6 is 15.9 Å². The topological polar surface area (TPSA) is 70.5 Å². The first-order chi connectivity index (χ1) is 13.2.